The van der Waals surface area contributed by atoms with E-state index in [-0.39, 0.29) is 11.7 Å². The van der Waals surface area contributed by atoms with Gasteiger partial charge >= 0.3 is 0 Å². The number of aromatic nitrogens is 2. The summed E-state index contributed by atoms with van der Waals surface area (Å²) in [6.07, 6.45) is 0. The van der Waals surface area contributed by atoms with Crippen molar-refractivity contribution in [2.45, 2.75) is 17.2 Å². The maximum Gasteiger partial charge on any atom is 0.237 e. The normalized spacial score (nSPS) is 11.9. The van der Waals surface area contributed by atoms with E-state index in [1.807, 2.05) is 61.5 Å². The Morgan fingerprint density at radius 3 is 2.28 bits per heavy atom. The number of thioether (sulfide) groups is 1. The molecule has 1 unspecified atom stereocenters. The molecule has 1 amide bonds. The van der Waals surface area contributed by atoms with Crippen LogP contribution < -0.4 is 5.32 Å². The number of carbonyl (C=O) groups excluding carboxylic acids is 1. The van der Waals surface area contributed by atoms with Gasteiger partial charge in [0, 0.05) is 22.0 Å². The van der Waals surface area contributed by atoms with Crippen molar-refractivity contribution >= 4 is 34.1 Å². The number of fused-ring (bicyclic) bond motifs is 1. The van der Waals surface area contributed by atoms with E-state index < -0.39 is 5.25 Å². The van der Waals surface area contributed by atoms with Gasteiger partial charge in [-0.05, 0) is 31.2 Å². The van der Waals surface area contributed by atoms with Gasteiger partial charge in [0.15, 0.2) is 0 Å². The minimum absolute atomic E-state index is 0.181. The first kappa shape index (κ1) is 19.1. The highest BCUT2D eigenvalue weighted by Gasteiger charge is 2.19. The third-order valence-corrected chi connectivity index (χ3v) is 5.56. The van der Waals surface area contributed by atoms with Gasteiger partial charge in [-0.1, -0.05) is 66.4 Å². The summed E-state index contributed by atoms with van der Waals surface area (Å²) >= 11 is 1.35. The van der Waals surface area contributed by atoms with Crippen molar-refractivity contribution < 1.29 is 9.18 Å². The minimum atomic E-state index is -0.402. The van der Waals surface area contributed by atoms with E-state index in [0.717, 1.165) is 22.0 Å². The summed E-state index contributed by atoms with van der Waals surface area (Å²) in [5.74, 6) is -0.523. The molecule has 0 saturated carbocycles. The largest absolute Gasteiger partial charge is 0.325 e. The van der Waals surface area contributed by atoms with Crippen LogP contribution in [0.15, 0.2) is 83.9 Å². The fourth-order valence-corrected chi connectivity index (χ4v) is 3.87. The number of amides is 1. The average molecular weight is 403 g/mol. The third kappa shape index (κ3) is 4.27. The summed E-state index contributed by atoms with van der Waals surface area (Å²) in [6, 6.07) is 23.5. The second-order valence-electron chi connectivity index (χ2n) is 6.52. The lowest BCUT2D eigenvalue weighted by molar-refractivity contribution is -0.115. The van der Waals surface area contributed by atoms with Crippen molar-refractivity contribution in [1.29, 1.82) is 0 Å². The van der Waals surface area contributed by atoms with Crippen LogP contribution in [0.3, 0.4) is 0 Å². The number of hydrogen-bond acceptors (Lipinski definition) is 4. The smallest absolute Gasteiger partial charge is 0.237 e. The lowest BCUT2D eigenvalue weighted by atomic mass is 10.1. The van der Waals surface area contributed by atoms with Crippen LogP contribution in [0.4, 0.5) is 10.1 Å². The quantitative estimate of drug-likeness (QED) is 0.444. The van der Waals surface area contributed by atoms with Crippen LogP contribution in [-0.2, 0) is 4.79 Å². The summed E-state index contributed by atoms with van der Waals surface area (Å²) in [4.78, 5) is 12.6. The molecule has 1 atom stereocenters. The van der Waals surface area contributed by atoms with Gasteiger partial charge in [-0.3, -0.25) is 4.79 Å². The SMILES string of the molecule is CC(Sc1nnc(-c2ccccc2)c2ccccc12)C(=O)Nc1ccc(F)cc1. The zero-order valence-electron chi connectivity index (χ0n) is 15.7. The van der Waals surface area contributed by atoms with Gasteiger partial charge in [-0.25, -0.2) is 4.39 Å². The lowest BCUT2D eigenvalue weighted by Gasteiger charge is -2.14. The van der Waals surface area contributed by atoms with E-state index in [4.69, 9.17) is 0 Å². The minimum Gasteiger partial charge on any atom is -0.325 e. The number of nitrogens with zero attached hydrogens (tertiary/aromatic N) is 2. The van der Waals surface area contributed by atoms with Gasteiger partial charge < -0.3 is 5.32 Å². The highest BCUT2D eigenvalue weighted by Crippen LogP contribution is 2.33. The molecule has 0 radical (unpaired) electrons. The van der Waals surface area contributed by atoms with E-state index in [2.05, 4.69) is 15.5 Å². The number of hydrogen-bond donors (Lipinski definition) is 1. The summed E-state index contributed by atoms with van der Waals surface area (Å²) < 4.78 is 13.0. The molecular formula is C23H18FN3OS. The van der Waals surface area contributed by atoms with Gasteiger partial charge in [0.2, 0.25) is 5.91 Å². The Morgan fingerprint density at radius 1 is 0.897 bits per heavy atom. The Balaban J connectivity index is 1.59. The predicted octanol–water partition coefficient (Wildman–Crippen LogP) is 5.56. The highest BCUT2D eigenvalue weighted by molar-refractivity contribution is 8.00. The molecule has 29 heavy (non-hydrogen) atoms. The molecule has 4 rings (SSSR count). The number of nitrogens with one attached hydrogen (secondary N) is 1. The van der Waals surface area contributed by atoms with Gasteiger partial charge in [-0.15, -0.1) is 10.2 Å². The zero-order chi connectivity index (χ0) is 20.2. The topological polar surface area (TPSA) is 54.9 Å². The molecule has 1 heterocycles. The van der Waals surface area contributed by atoms with Gasteiger partial charge in [0.1, 0.15) is 16.5 Å². The molecule has 1 aromatic heterocycles. The maximum absolute atomic E-state index is 13.0. The number of halogens is 1. The molecule has 1 N–H and O–H groups in total. The van der Waals surface area contributed by atoms with E-state index in [0.29, 0.717) is 10.7 Å². The summed E-state index contributed by atoms with van der Waals surface area (Å²) in [7, 11) is 0. The fraction of sp³-hybridized carbons (Fsp3) is 0.0870. The summed E-state index contributed by atoms with van der Waals surface area (Å²) in [5, 5.41) is 13.9. The van der Waals surface area contributed by atoms with Crippen molar-refractivity contribution in [2.75, 3.05) is 5.32 Å². The van der Waals surface area contributed by atoms with Crippen molar-refractivity contribution in [1.82, 2.24) is 10.2 Å². The lowest BCUT2D eigenvalue weighted by Crippen LogP contribution is -2.22. The number of carbonyl (C=O) groups is 1. The monoisotopic (exact) mass is 403 g/mol. The first-order valence-corrected chi connectivity index (χ1v) is 10.0. The Kier molecular flexibility index (Phi) is 5.53. The first-order chi connectivity index (χ1) is 14.1. The first-order valence-electron chi connectivity index (χ1n) is 9.16. The maximum atomic E-state index is 13.0. The highest BCUT2D eigenvalue weighted by atomic mass is 32.2. The van der Waals surface area contributed by atoms with E-state index in [9.17, 15) is 9.18 Å². The second-order valence-corrected chi connectivity index (χ2v) is 7.85. The molecule has 0 saturated heterocycles. The van der Waals surface area contributed by atoms with E-state index in [1.165, 1.54) is 36.0 Å². The van der Waals surface area contributed by atoms with Crippen molar-refractivity contribution in [3.63, 3.8) is 0 Å². The van der Waals surface area contributed by atoms with Crippen molar-refractivity contribution in [3.8, 4) is 11.3 Å². The molecule has 3 aromatic carbocycles. The molecule has 0 aliphatic heterocycles. The van der Waals surface area contributed by atoms with Crippen LogP contribution in [0, 0.1) is 5.82 Å². The molecule has 6 heteroatoms. The number of rotatable bonds is 5. The third-order valence-electron chi connectivity index (χ3n) is 4.47. The number of benzene rings is 3. The van der Waals surface area contributed by atoms with Crippen LogP contribution in [0.5, 0.6) is 0 Å². The van der Waals surface area contributed by atoms with Gasteiger partial charge in [-0.2, -0.15) is 0 Å². The standard InChI is InChI=1S/C23H18FN3OS/c1-15(22(28)25-18-13-11-17(24)12-14-18)29-23-20-10-6-5-9-19(20)21(26-27-23)16-7-3-2-4-8-16/h2-15H,1H3,(H,25,28). The predicted molar refractivity (Wildman–Crippen MR) is 115 cm³/mol. The van der Waals surface area contributed by atoms with Gasteiger partial charge in [0.05, 0.1) is 5.25 Å². The molecule has 0 aliphatic rings. The molecule has 0 spiro atoms. The Labute approximate surface area is 172 Å². The van der Waals surface area contributed by atoms with E-state index >= 15 is 0 Å². The van der Waals surface area contributed by atoms with Crippen LogP contribution in [-0.4, -0.2) is 21.4 Å². The number of anilines is 1. The second kappa shape index (κ2) is 8.41. The zero-order valence-corrected chi connectivity index (χ0v) is 16.5. The summed E-state index contributed by atoms with van der Waals surface area (Å²) in [6.45, 7) is 1.81. The molecule has 0 bridgehead atoms. The van der Waals surface area contributed by atoms with Crippen molar-refractivity contribution in [2.24, 2.45) is 0 Å². The molecular weight excluding hydrogens is 385 g/mol. The fourth-order valence-electron chi connectivity index (χ4n) is 2.97. The summed E-state index contributed by atoms with van der Waals surface area (Å²) in [5.41, 5.74) is 2.36. The molecule has 0 fully saturated rings. The Morgan fingerprint density at radius 2 is 1.55 bits per heavy atom. The van der Waals surface area contributed by atoms with Gasteiger partial charge in [0.25, 0.3) is 0 Å². The van der Waals surface area contributed by atoms with Crippen LogP contribution in [0.1, 0.15) is 6.92 Å². The average Bonchev–Trinajstić information content (AvgIpc) is 2.76. The van der Waals surface area contributed by atoms with E-state index in [1.54, 1.807) is 0 Å². The molecule has 0 aliphatic carbocycles. The van der Waals surface area contributed by atoms with Crippen LogP contribution in [0.25, 0.3) is 22.0 Å². The molecule has 4 nitrogen and oxygen atoms in total. The van der Waals surface area contributed by atoms with Crippen LogP contribution >= 0.6 is 11.8 Å². The van der Waals surface area contributed by atoms with Crippen molar-refractivity contribution in [3.05, 3.63) is 84.7 Å². The Hall–Kier alpha value is -3.25. The molecule has 4 aromatic rings. The van der Waals surface area contributed by atoms with Crippen LogP contribution in [0.2, 0.25) is 0 Å². The molecule has 144 valence electrons. The Bertz CT molecular complexity index is 1150.